The molecule has 0 saturated carbocycles. The molecule has 0 aliphatic carbocycles. The van der Waals surface area contributed by atoms with Crippen LogP contribution in [0.3, 0.4) is 0 Å². The van der Waals surface area contributed by atoms with Crippen LogP contribution in [-0.4, -0.2) is 44.5 Å². The van der Waals surface area contributed by atoms with Crippen molar-refractivity contribution in [3.8, 4) is 0 Å². The van der Waals surface area contributed by atoms with E-state index in [1.165, 1.54) is 9.47 Å². The first-order valence-electron chi connectivity index (χ1n) is 9.40. The molecule has 1 heterocycles. The van der Waals surface area contributed by atoms with E-state index < -0.39 is 11.2 Å². The maximum absolute atomic E-state index is 12.8. The van der Waals surface area contributed by atoms with Crippen LogP contribution in [0, 0.1) is 0 Å². The molecular weight excluding hydrogens is 360 g/mol. The van der Waals surface area contributed by atoms with Gasteiger partial charge in [0.05, 0.1) is 17.4 Å². The second-order valence-electron chi connectivity index (χ2n) is 7.64. The van der Waals surface area contributed by atoms with E-state index in [1.807, 2.05) is 20.8 Å². The first-order chi connectivity index (χ1) is 13.1. The second-order valence-corrected chi connectivity index (χ2v) is 7.64. The Kier molecular flexibility index (Phi) is 6.43. The van der Waals surface area contributed by atoms with Gasteiger partial charge in [-0.2, -0.15) is 0 Å². The third-order valence-electron chi connectivity index (χ3n) is 4.33. The predicted molar refractivity (Wildman–Crippen MR) is 108 cm³/mol. The Hall–Kier alpha value is -2.90. The van der Waals surface area contributed by atoms with Crippen molar-refractivity contribution in [3.05, 3.63) is 45.1 Å². The molecule has 2 aromatic rings. The Morgan fingerprint density at radius 2 is 1.71 bits per heavy atom. The molecule has 0 atom stereocenters. The Labute approximate surface area is 163 Å². The number of hydrogen-bond donors (Lipinski definition) is 1. The normalized spacial score (nSPS) is 11.5. The number of amides is 2. The number of nitrogens with one attached hydrogen (secondary N) is 1. The zero-order valence-corrected chi connectivity index (χ0v) is 17.1. The summed E-state index contributed by atoms with van der Waals surface area (Å²) in [5.41, 5.74) is -0.896. The number of benzene rings is 1. The molecule has 0 fully saturated rings. The van der Waals surface area contributed by atoms with Crippen molar-refractivity contribution >= 4 is 22.7 Å². The standard InChI is InChI=1S/C20H28N4O4/c1-6-22(12-16(25)21-20(3,4)5)17(26)13-24-15-11-9-8-10-14(15)18(27)23(7-2)19(24)28/h8-11H,6-7,12-13H2,1-5H3,(H,21,25). The van der Waals surface area contributed by atoms with E-state index in [-0.39, 0.29) is 37.0 Å². The SMILES string of the molecule is CCN(CC(=O)NC(C)(C)C)C(=O)Cn1c(=O)n(CC)c(=O)c2ccccc21. The molecule has 0 saturated heterocycles. The van der Waals surface area contributed by atoms with Crippen molar-refractivity contribution in [2.75, 3.05) is 13.1 Å². The van der Waals surface area contributed by atoms with E-state index in [0.717, 1.165) is 4.57 Å². The zero-order chi connectivity index (χ0) is 21.1. The van der Waals surface area contributed by atoms with Crippen LogP contribution in [0.2, 0.25) is 0 Å². The number of likely N-dealkylation sites (N-methyl/N-ethyl adjacent to an activating group) is 1. The van der Waals surface area contributed by atoms with E-state index in [0.29, 0.717) is 17.4 Å². The predicted octanol–water partition coefficient (Wildman–Crippen LogP) is 0.946. The molecule has 0 radical (unpaired) electrons. The molecule has 0 unspecified atom stereocenters. The smallest absolute Gasteiger partial charge is 0.331 e. The van der Waals surface area contributed by atoms with Crippen LogP contribution >= 0.6 is 0 Å². The van der Waals surface area contributed by atoms with Gasteiger partial charge in [-0.05, 0) is 46.8 Å². The molecule has 8 heteroatoms. The number of carbonyl (C=O) groups is 2. The first-order valence-corrected chi connectivity index (χ1v) is 9.40. The third kappa shape index (κ3) is 4.68. The average molecular weight is 388 g/mol. The fourth-order valence-electron chi connectivity index (χ4n) is 3.05. The monoisotopic (exact) mass is 388 g/mol. The van der Waals surface area contributed by atoms with Crippen LogP contribution in [0.25, 0.3) is 10.9 Å². The molecule has 28 heavy (non-hydrogen) atoms. The summed E-state index contributed by atoms with van der Waals surface area (Å²) in [6.07, 6.45) is 0. The Morgan fingerprint density at radius 3 is 2.29 bits per heavy atom. The van der Waals surface area contributed by atoms with Gasteiger partial charge in [0.2, 0.25) is 11.8 Å². The first kappa shape index (κ1) is 21.4. The minimum absolute atomic E-state index is 0.0906. The van der Waals surface area contributed by atoms with Crippen LogP contribution in [0.4, 0.5) is 0 Å². The van der Waals surface area contributed by atoms with Crippen molar-refractivity contribution in [3.63, 3.8) is 0 Å². The molecule has 0 bridgehead atoms. The molecule has 8 nitrogen and oxygen atoms in total. The zero-order valence-electron chi connectivity index (χ0n) is 17.1. The van der Waals surface area contributed by atoms with Gasteiger partial charge >= 0.3 is 5.69 Å². The Bertz CT molecular complexity index is 998. The van der Waals surface area contributed by atoms with Crippen molar-refractivity contribution in [2.45, 2.75) is 53.2 Å². The lowest BCUT2D eigenvalue weighted by Crippen LogP contribution is -2.48. The minimum atomic E-state index is -0.533. The summed E-state index contributed by atoms with van der Waals surface area (Å²) < 4.78 is 2.41. The quantitative estimate of drug-likeness (QED) is 0.797. The topological polar surface area (TPSA) is 93.4 Å². The van der Waals surface area contributed by atoms with Gasteiger partial charge in [-0.1, -0.05) is 12.1 Å². The molecule has 1 N–H and O–H groups in total. The molecular formula is C20H28N4O4. The van der Waals surface area contributed by atoms with Crippen molar-refractivity contribution < 1.29 is 9.59 Å². The lowest BCUT2D eigenvalue weighted by Gasteiger charge is -2.25. The number of nitrogens with zero attached hydrogens (tertiary/aromatic N) is 3. The molecule has 152 valence electrons. The summed E-state index contributed by atoms with van der Waals surface area (Å²) in [6, 6.07) is 6.72. The van der Waals surface area contributed by atoms with Gasteiger partial charge in [0.25, 0.3) is 5.56 Å². The summed E-state index contributed by atoms with van der Waals surface area (Å²) in [7, 11) is 0. The van der Waals surface area contributed by atoms with E-state index in [4.69, 9.17) is 0 Å². The minimum Gasteiger partial charge on any atom is -0.350 e. The number of rotatable bonds is 6. The van der Waals surface area contributed by atoms with Crippen molar-refractivity contribution in [2.24, 2.45) is 0 Å². The molecule has 0 aliphatic rings. The largest absolute Gasteiger partial charge is 0.350 e. The fourth-order valence-corrected chi connectivity index (χ4v) is 3.05. The Balaban J connectivity index is 2.37. The molecule has 1 aromatic carbocycles. The maximum atomic E-state index is 12.8. The van der Waals surface area contributed by atoms with Gasteiger partial charge in [-0.3, -0.25) is 23.5 Å². The molecule has 1 aromatic heterocycles. The van der Waals surface area contributed by atoms with E-state index in [2.05, 4.69) is 5.32 Å². The summed E-state index contributed by atoms with van der Waals surface area (Å²) in [4.78, 5) is 51.7. The highest BCUT2D eigenvalue weighted by atomic mass is 16.2. The molecule has 0 spiro atoms. The van der Waals surface area contributed by atoms with Gasteiger partial charge in [0.1, 0.15) is 6.54 Å². The summed E-state index contributed by atoms with van der Waals surface area (Å²) in [5, 5.41) is 3.20. The fraction of sp³-hybridized carbons (Fsp3) is 0.500. The second kappa shape index (κ2) is 8.41. The van der Waals surface area contributed by atoms with Gasteiger partial charge in [0, 0.05) is 18.6 Å². The number of hydrogen-bond acceptors (Lipinski definition) is 4. The van der Waals surface area contributed by atoms with E-state index >= 15 is 0 Å². The van der Waals surface area contributed by atoms with Gasteiger partial charge < -0.3 is 10.2 Å². The van der Waals surface area contributed by atoms with Crippen molar-refractivity contribution in [1.29, 1.82) is 0 Å². The number of para-hydroxylation sites is 1. The van der Waals surface area contributed by atoms with Crippen molar-refractivity contribution in [1.82, 2.24) is 19.4 Å². The highest BCUT2D eigenvalue weighted by Crippen LogP contribution is 2.08. The third-order valence-corrected chi connectivity index (χ3v) is 4.33. The molecule has 0 aliphatic heterocycles. The van der Waals surface area contributed by atoms with Crippen LogP contribution in [0.1, 0.15) is 34.6 Å². The summed E-state index contributed by atoms with van der Waals surface area (Å²) in [6.45, 7) is 9.28. The van der Waals surface area contributed by atoms with Crippen LogP contribution in [-0.2, 0) is 22.7 Å². The van der Waals surface area contributed by atoms with Gasteiger partial charge in [0.15, 0.2) is 0 Å². The molecule has 2 rings (SSSR count). The lowest BCUT2D eigenvalue weighted by molar-refractivity contribution is -0.136. The number of aromatic nitrogens is 2. The molecule has 2 amide bonds. The van der Waals surface area contributed by atoms with Crippen LogP contribution in [0.5, 0.6) is 0 Å². The average Bonchev–Trinajstić information content (AvgIpc) is 2.62. The van der Waals surface area contributed by atoms with Crippen LogP contribution < -0.4 is 16.6 Å². The van der Waals surface area contributed by atoms with Crippen LogP contribution in [0.15, 0.2) is 33.9 Å². The Morgan fingerprint density at radius 1 is 1.07 bits per heavy atom. The lowest BCUT2D eigenvalue weighted by atomic mass is 10.1. The highest BCUT2D eigenvalue weighted by molar-refractivity contribution is 5.86. The van der Waals surface area contributed by atoms with Gasteiger partial charge in [-0.15, -0.1) is 0 Å². The number of fused-ring (bicyclic) bond motifs is 1. The highest BCUT2D eigenvalue weighted by Gasteiger charge is 2.21. The van der Waals surface area contributed by atoms with E-state index in [9.17, 15) is 19.2 Å². The summed E-state index contributed by atoms with van der Waals surface area (Å²) >= 11 is 0. The van der Waals surface area contributed by atoms with Gasteiger partial charge in [-0.25, -0.2) is 4.79 Å². The maximum Gasteiger partial charge on any atom is 0.331 e. The number of carbonyl (C=O) groups excluding carboxylic acids is 2. The summed E-state index contributed by atoms with van der Waals surface area (Å²) in [5.74, 6) is -0.626. The van der Waals surface area contributed by atoms with E-state index in [1.54, 1.807) is 38.1 Å².